The Morgan fingerprint density at radius 2 is 1.10 bits per heavy atom. The molecule has 30 heavy (non-hydrogen) atoms. The van der Waals surface area contributed by atoms with Crippen molar-refractivity contribution < 1.29 is 45.3 Å². The fourth-order valence-corrected chi connectivity index (χ4v) is 4.30. The van der Waals surface area contributed by atoms with Gasteiger partial charge in [0.1, 0.15) is 0 Å². The summed E-state index contributed by atoms with van der Waals surface area (Å²) in [5.41, 5.74) is 4.32. The van der Waals surface area contributed by atoms with Gasteiger partial charge in [-0.1, -0.05) is 0 Å². The van der Waals surface area contributed by atoms with Crippen LogP contribution >= 0.6 is 22.7 Å². The number of halogens is 2. The summed E-state index contributed by atoms with van der Waals surface area (Å²) in [5.74, 6) is 0. The minimum atomic E-state index is -2.50. The van der Waals surface area contributed by atoms with Crippen LogP contribution in [0, 0.1) is 39.8 Å². The second kappa shape index (κ2) is 14.0. The van der Waals surface area contributed by atoms with Gasteiger partial charge >= 0.3 is 25.2 Å². The number of rotatable bonds is 2. The molecule has 0 fully saturated rings. The van der Waals surface area contributed by atoms with E-state index in [1.807, 2.05) is 62.4 Å². The van der Waals surface area contributed by atoms with E-state index in [-0.39, 0.29) is 20.1 Å². The van der Waals surface area contributed by atoms with Gasteiger partial charge in [0.25, 0.3) is 0 Å². The normalized spacial score (nSPS) is 9.67. The summed E-state index contributed by atoms with van der Waals surface area (Å²) in [6, 6.07) is 22.3. The molecule has 2 nitrogen and oxygen atoms in total. The molecule has 2 heterocycles. The summed E-state index contributed by atoms with van der Waals surface area (Å²) in [7, 11) is 0. The Hall–Kier alpha value is -1.14. The topological polar surface area (TPSA) is 25.8 Å². The minimum absolute atomic E-state index is 0. The SMILES string of the molecule is Cc1nc(-c2[c-]cccc2)c(C)s1.Cc1nc(-c2[c-]cccc2)c(C)s1.[F][Ir+][F].[Ir]. The fraction of sp³-hybridized carbons (Fsp3) is 0.182. The van der Waals surface area contributed by atoms with E-state index in [4.69, 9.17) is 0 Å². The Kier molecular flexibility index (Phi) is 12.6. The van der Waals surface area contributed by atoms with E-state index in [0.29, 0.717) is 0 Å². The van der Waals surface area contributed by atoms with Gasteiger partial charge in [0.05, 0.1) is 10.0 Å². The molecular weight excluding hydrogens is 779 g/mol. The van der Waals surface area contributed by atoms with Gasteiger partial charge in [-0.05, 0) is 37.4 Å². The molecule has 163 valence electrons. The van der Waals surface area contributed by atoms with Gasteiger partial charge < -0.3 is 0 Å². The summed E-state index contributed by atoms with van der Waals surface area (Å²) in [5, 5.41) is 2.23. The maximum atomic E-state index is 9.75. The first kappa shape index (κ1) is 26.9. The molecule has 0 bridgehead atoms. The van der Waals surface area contributed by atoms with E-state index in [9.17, 15) is 6.51 Å². The number of hydrogen-bond acceptors (Lipinski definition) is 4. The van der Waals surface area contributed by atoms with Crippen LogP contribution in [0.2, 0.25) is 0 Å². The first-order chi connectivity index (χ1) is 14.0. The maximum absolute atomic E-state index is 9.75. The average Bonchev–Trinajstić information content (AvgIpc) is 3.24. The molecule has 0 saturated heterocycles. The quantitative estimate of drug-likeness (QED) is 0.199. The molecule has 2 aromatic carbocycles. The predicted octanol–water partition coefficient (Wildman–Crippen LogP) is 7.29. The van der Waals surface area contributed by atoms with E-state index >= 15 is 0 Å². The molecule has 4 rings (SSSR count). The zero-order valence-corrected chi connectivity index (χ0v) is 23.2. The Morgan fingerprint density at radius 3 is 1.33 bits per heavy atom. The molecular formula is C22H20F2Ir2N2S2-. The molecule has 0 spiro atoms. The van der Waals surface area contributed by atoms with E-state index in [1.54, 1.807) is 22.7 Å². The van der Waals surface area contributed by atoms with Crippen molar-refractivity contribution in [2.75, 3.05) is 0 Å². The summed E-state index contributed by atoms with van der Waals surface area (Å²) in [6.45, 7) is 8.26. The number of benzene rings is 2. The van der Waals surface area contributed by atoms with Crippen molar-refractivity contribution in [1.29, 1.82) is 0 Å². The molecule has 0 aliphatic heterocycles. The Bertz CT molecular complexity index is 925. The second-order valence-electron chi connectivity index (χ2n) is 5.88. The van der Waals surface area contributed by atoms with Crippen LogP contribution in [0.4, 0.5) is 6.51 Å². The van der Waals surface area contributed by atoms with Crippen LogP contribution in [0.1, 0.15) is 19.8 Å². The summed E-state index contributed by atoms with van der Waals surface area (Å²) in [4.78, 5) is 11.5. The molecule has 0 saturated carbocycles. The molecule has 4 aromatic rings. The first-order valence-corrected chi connectivity index (χ1v) is 12.1. The zero-order chi connectivity index (χ0) is 21.2. The summed E-state index contributed by atoms with van der Waals surface area (Å²) in [6.07, 6.45) is 0. The van der Waals surface area contributed by atoms with Gasteiger partial charge in [0.2, 0.25) is 0 Å². The van der Waals surface area contributed by atoms with Gasteiger partial charge in [0.15, 0.2) is 0 Å². The third-order valence-corrected chi connectivity index (χ3v) is 5.51. The average molecular weight is 799 g/mol. The van der Waals surface area contributed by atoms with Crippen molar-refractivity contribution in [3.63, 3.8) is 0 Å². The Balaban J connectivity index is 0.000000258. The monoisotopic (exact) mass is 800 g/mol. The number of hydrogen-bond donors (Lipinski definition) is 0. The molecule has 0 aliphatic carbocycles. The van der Waals surface area contributed by atoms with Crippen LogP contribution in [0.3, 0.4) is 0 Å². The number of aryl methyl sites for hydroxylation is 4. The van der Waals surface area contributed by atoms with Gasteiger partial charge in [0, 0.05) is 31.5 Å². The standard InChI is InChI=1S/2C11H10NS.2FH.2Ir/c2*1-8-11(12-9(2)13-8)10-6-4-3-5-7-10;;;;/h2*3-6H,1-2H3;2*1H;;/q2*-1;;;;+3/p-2. The largest absolute Gasteiger partial charge is 0 e. The Labute approximate surface area is 207 Å². The van der Waals surface area contributed by atoms with Crippen molar-refractivity contribution in [3.8, 4) is 22.5 Å². The van der Waals surface area contributed by atoms with Gasteiger partial charge in [-0.15, -0.1) is 94.5 Å². The van der Waals surface area contributed by atoms with E-state index in [1.165, 1.54) is 9.75 Å². The van der Waals surface area contributed by atoms with Crippen LogP contribution in [-0.4, -0.2) is 9.97 Å². The van der Waals surface area contributed by atoms with Crippen molar-refractivity contribution in [2.45, 2.75) is 27.7 Å². The molecule has 0 atom stereocenters. The first-order valence-electron chi connectivity index (χ1n) is 8.62. The van der Waals surface area contributed by atoms with Crippen LogP contribution < -0.4 is 0 Å². The zero-order valence-electron chi connectivity index (χ0n) is 16.8. The molecule has 8 heteroatoms. The third-order valence-electron chi connectivity index (χ3n) is 3.74. The maximum Gasteiger partial charge on any atom is 0 e. The third kappa shape index (κ3) is 8.18. The van der Waals surface area contributed by atoms with E-state index < -0.39 is 18.7 Å². The molecule has 0 aliphatic rings. The van der Waals surface area contributed by atoms with Gasteiger partial charge in [-0.3, -0.25) is 9.97 Å². The van der Waals surface area contributed by atoms with Crippen LogP contribution in [-0.2, 0) is 38.8 Å². The smallest absolute Gasteiger partial charge is 0 e. The van der Waals surface area contributed by atoms with Crippen LogP contribution in [0.5, 0.6) is 0 Å². The fourth-order valence-electron chi connectivity index (χ4n) is 2.64. The van der Waals surface area contributed by atoms with Crippen LogP contribution in [0.15, 0.2) is 48.5 Å². The Morgan fingerprint density at radius 1 is 0.733 bits per heavy atom. The van der Waals surface area contributed by atoms with Crippen molar-refractivity contribution >= 4 is 22.7 Å². The van der Waals surface area contributed by atoms with Gasteiger partial charge in [-0.25, -0.2) is 0 Å². The van der Waals surface area contributed by atoms with Crippen molar-refractivity contribution in [3.05, 3.63) is 80.4 Å². The minimum Gasteiger partial charge on any atom is 0 e. The molecule has 0 amide bonds. The van der Waals surface area contributed by atoms with Crippen molar-refractivity contribution in [1.82, 2.24) is 9.97 Å². The second-order valence-corrected chi connectivity index (χ2v) is 9.03. The number of aromatic nitrogens is 2. The molecule has 1 radical (unpaired) electrons. The van der Waals surface area contributed by atoms with Gasteiger partial charge in [-0.2, -0.15) is 0 Å². The van der Waals surface area contributed by atoms with E-state index in [0.717, 1.165) is 32.5 Å². The molecule has 0 N–H and O–H groups in total. The summed E-state index contributed by atoms with van der Waals surface area (Å²) < 4.78 is 19.5. The molecule has 2 aromatic heterocycles. The number of thiazole rings is 2. The number of nitrogens with zero attached hydrogens (tertiary/aromatic N) is 2. The van der Waals surface area contributed by atoms with Crippen molar-refractivity contribution in [2.24, 2.45) is 0 Å². The predicted molar refractivity (Wildman–Crippen MR) is 114 cm³/mol. The summed E-state index contributed by atoms with van der Waals surface area (Å²) >= 11 is 0.966. The van der Waals surface area contributed by atoms with Crippen LogP contribution in [0.25, 0.3) is 22.5 Å². The van der Waals surface area contributed by atoms with E-state index in [2.05, 4.69) is 35.9 Å². The molecule has 0 unspecified atom stereocenters.